The number of benzene rings is 2. The van der Waals surface area contributed by atoms with Crippen LogP contribution < -0.4 is 4.90 Å². The van der Waals surface area contributed by atoms with Crippen LogP contribution in [0.4, 0.5) is 27.5 Å². The lowest BCUT2D eigenvalue weighted by atomic mass is 10.2. The van der Waals surface area contributed by atoms with Gasteiger partial charge in [-0.05, 0) is 35.9 Å². The minimum atomic E-state index is -0.845. The second kappa shape index (κ2) is 6.19. The van der Waals surface area contributed by atoms with Crippen molar-refractivity contribution in [3.63, 3.8) is 0 Å². The third-order valence-electron chi connectivity index (χ3n) is 2.81. The Kier molecular flexibility index (Phi) is 4.33. The first-order chi connectivity index (χ1) is 10.4. The van der Waals surface area contributed by atoms with Crippen LogP contribution in [-0.4, -0.2) is 15.2 Å². The molecule has 0 aliphatic carbocycles. The molecular formula is C13H8ClN3O5. The van der Waals surface area contributed by atoms with Crippen molar-refractivity contribution >= 4 is 39.7 Å². The highest BCUT2D eigenvalue weighted by Crippen LogP contribution is 2.29. The molecule has 0 spiro atoms. The molecule has 0 aromatic heterocycles. The third-order valence-corrected chi connectivity index (χ3v) is 2.98. The van der Waals surface area contributed by atoms with E-state index < -0.39 is 15.2 Å². The Labute approximate surface area is 128 Å². The molecule has 0 saturated heterocycles. The lowest BCUT2D eigenvalue weighted by Gasteiger charge is -2.19. The second-order valence-electron chi connectivity index (χ2n) is 4.14. The molecule has 1 amide bonds. The summed E-state index contributed by atoms with van der Waals surface area (Å²) in [7, 11) is 0. The Morgan fingerprint density at radius 1 is 0.818 bits per heavy atom. The molecule has 22 heavy (non-hydrogen) atoms. The summed E-state index contributed by atoms with van der Waals surface area (Å²) in [6, 6.07) is 10.4. The molecule has 0 unspecified atom stereocenters. The first kappa shape index (κ1) is 15.4. The van der Waals surface area contributed by atoms with Crippen LogP contribution in [0, 0.1) is 20.2 Å². The molecular weight excluding hydrogens is 314 g/mol. The highest BCUT2D eigenvalue weighted by Gasteiger charge is 2.18. The molecule has 2 rings (SSSR count). The maximum absolute atomic E-state index is 11.6. The van der Waals surface area contributed by atoms with Gasteiger partial charge < -0.3 is 0 Å². The summed E-state index contributed by atoms with van der Waals surface area (Å²) in [4.78, 5) is 32.8. The van der Waals surface area contributed by atoms with Crippen molar-refractivity contribution in [2.45, 2.75) is 0 Å². The van der Waals surface area contributed by atoms with E-state index >= 15 is 0 Å². The van der Waals surface area contributed by atoms with Gasteiger partial charge in [0, 0.05) is 24.3 Å². The highest BCUT2D eigenvalue weighted by atomic mass is 35.5. The number of anilines is 2. The van der Waals surface area contributed by atoms with Crippen molar-refractivity contribution in [1.82, 2.24) is 0 Å². The van der Waals surface area contributed by atoms with E-state index in [0.717, 1.165) is 4.90 Å². The SMILES string of the molecule is O=C(Cl)N(c1ccc([N+](=O)[O-])cc1)c1ccc([N+](=O)[O-])cc1. The van der Waals surface area contributed by atoms with Gasteiger partial charge in [-0.15, -0.1) is 0 Å². The van der Waals surface area contributed by atoms with Crippen LogP contribution in [0.25, 0.3) is 0 Å². The van der Waals surface area contributed by atoms with Gasteiger partial charge in [0.2, 0.25) is 0 Å². The van der Waals surface area contributed by atoms with Gasteiger partial charge >= 0.3 is 5.37 Å². The summed E-state index contributed by atoms with van der Waals surface area (Å²) in [6.45, 7) is 0. The van der Waals surface area contributed by atoms with E-state index in [-0.39, 0.29) is 11.4 Å². The van der Waals surface area contributed by atoms with Gasteiger partial charge in [-0.3, -0.25) is 29.9 Å². The zero-order chi connectivity index (χ0) is 16.3. The number of halogens is 1. The first-order valence-corrected chi connectivity index (χ1v) is 6.26. The molecule has 0 saturated carbocycles. The molecule has 0 aliphatic rings. The second-order valence-corrected chi connectivity index (χ2v) is 4.46. The van der Waals surface area contributed by atoms with Crippen LogP contribution in [0.2, 0.25) is 0 Å². The van der Waals surface area contributed by atoms with Gasteiger partial charge in [0.15, 0.2) is 0 Å². The van der Waals surface area contributed by atoms with Crippen LogP contribution in [0.3, 0.4) is 0 Å². The van der Waals surface area contributed by atoms with Crippen LogP contribution in [-0.2, 0) is 0 Å². The number of non-ortho nitro benzene ring substituents is 2. The first-order valence-electron chi connectivity index (χ1n) is 5.88. The quantitative estimate of drug-likeness (QED) is 0.366. The van der Waals surface area contributed by atoms with Gasteiger partial charge in [-0.25, -0.2) is 0 Å². The average molecular weight is 322 g/mol. The molecule has 0 bridgehead atoms. The predicted octanol–water partition coefficient (Wildman–Crippen LogP) is 4.00. The molecule has 0 fully saturated rings. The van der Waals surface area contributed by atoms with Crippen LogP contribution in [0.15, 0.2) is 48.5 Å². The summed E-state index contributed by atoms with van der Waals surface area (Å²) >= 11 is 5.54. The fourth-order valence-electron chi connectivity index (χ4n) is 1.80. The summed E-state index contributed by atoms with van der Waals surface area (Å²) < 4.78 is 0. The number of hydrogen-bond donors (Lipinski definition) is 0. The lowest BCUT2D eigenvalue weighted by Crippen LogP contribution is -2.19. The largest absolute Gasteiger partial charge is 0.325 e. The number of carbonyl (C=O) groups excluding carboxylic acids is 1. The van der Waals surface area contributed by atoms with Crippen molar-refractivity contribution < 1.29 is 14.6 Å². The molecule has 0 radical (unpaired) electrons. The molecule has 0 heterocycles. The lowest BCUT2D eigenvalue weighted by molar-refractivity contribution is -0.385. The van der Waals surface area contributed by atoms with E-state index in [4.69, 9.17) is 11.6 Å². The van der Waals surface area contributed by atoms with E-state index in [0.29, 0.717) is 11.4 Å². The van der Waals surface area contributed by atoms with Crippen molar-refractivity contribution in [2.24, 2.45) is 0 Å². The van der Waals surface area contributed by atoms with Gasteiger partial charge in [-0.2, -0.15) is 0 Å². The van der Waals surface area contributed by atoms with E-state index in [1.54, 1.807) is 0 Å². The monoisotopic (exact) mass is 321 g/mol. The smallest absolute Gasteiger partial charge is 0.268 e. The summed E-state index contributed by atoms with van der Waals surface area (Å²) in [5, 5.41) is 20.4. The summed E-state index contributed by atoms with van der Waals surface area (Å²) in [5.74, 6) is 0. The number of hydrogen-bond acceptors (Lipinski definition) is 5. The molecule has 2 aromatic rings. The molecule has 0 atom stereocenters. The fourth-order valence-corrected chi connectivity index (χ4v) is 1.99. The molecule has 9 heteroatoms. The van der Waals surface area contributed by atoms with Gasteiger partial charge in [0.1, 0.15) is 0 Å². The topological polar surface area (TPSA) is 107 Å². The van der Waals surface area contributed by atoms with E-state index in [1.165, 1.54) is 48.5 Å². The van der Waals surface area contributed by atoms with E-state index in [9.17, 15) is 25.0 Å². The number of amides is 1. The highest BCUT2D eigenvalue weighted by molar-refractivity contribution is 6.66. The Morgan fingerprint density at radius 2 is 1.14 bits per heavy atom. The minimum absolute atomic E-state index is 0.130. The van der Waals surface area contributed by atoms with Crippen molar-refractivity contribution in [3.8, 4) is 0 Å². The summed E-state index contributed by atoms with van der Waals surface area (Å²) in [6.07, 6.45) is 0. The van der Waals surface area contributed by atoms with Crippen molar-refractivity contribution in [1.29, 1.82) is 0 Å². The van der Waals surface area contributed by atoms with Gasteiger partial charge in [0.05, 0.1) is 21.2 Å². The molecule has 0 aliphatic heterocycles. The number of nitrogens with zero attached hydrogens (tertiary/aromatic N) is 3. The predicted molar refractivity (Wildman–Crippen MR) is 79.6 cm³/mol. The van der Waals surface area contributed by atoms with E-state index in [1.807, 2.05) is 0 Å². The van der Waals surface area contributed by atoms with Gasteiger partial charge in [0.25, 0.3) is 11.4 Å². The average Bonchev–Trinajstić information content (AvgIpc) is 2.48. The van der Waals surface area contributed by atoms with Crippen molar-refractivity contribution in [2.75, 3.05) is 4.90 Å². The third kappa shape index (κ3) is 3.18. The zero-order valence-electron chi connectivity index (χ0n) is 10.9. The molecule has 112 valence electrons. The Bertz CT molecular complexity index is 673. The standard InChI is InChI=1S/C13H8ClN3O5/c14-13(18)15(9-1-5-11(6-2-9)16(19)20)10-3-7-12(8-4-10)17(21)22/h1-8H. The Morgan fingerprint density at radius 3 is 1.36 bits per heavy atom. The number of rotatable bonds is 4. The number of nitro groups is 2. The molecule has 0 N–H and O–H groups in total. The zero-order valence-corrected chi connectivity index (χ0v) is 11.6. The fraction of sp³-hybridized carbons (Fsp3) is 0. The molecule has 2 aromatic carbocycles. The van der Waals surface area contributed by atoms with Gasteiger partial charge in [-0.1, -0.05) is 0 Å². The number of carbonyl (C=O) groups is 1. The Balaban J connectivity index is 2.39. The summed E-state index contributed by atoms with van der Waals surface area (Å²) in [5.41, 5.74) is 0.350. The molecule has 8 nitrogen and oxygen atoms in total. The van der Waals surface area contributed by atoms with Crippen LogP contribution >= 0.6 is 11.6 Å². The minimum Gasteiger partial charge on any atom is -0.268 e. The normalized spacial score (nSPS) is 10.0. The Hall–Kier alpha value is -3.00. The van der Waals surface area contributed by atoms with Crippen LogP contribution in [0.5, 0.6) is 0 Å². The maximum Gasteiger partial charge on any atom is 0.325 e. The van der Waals surface area contributed by atoms with Crippen LogP contribution in [0.1, 0.15) is 0 Å². The van der Waals surface area contributed by atoms with E-state index in [2.05, 4.69) is 0 Å². The number of nitro benzene ring substituents is 2. The van der Waals surface area contributed by atoms with Crippen molar-refractivity contribution in [3.05, 3.63) is 68.8 Å². The maximum atomic E-state index is 11.6.